The quantitative estimate of drug-likeness (QED) is 0.217. The lowest BCUT2D eigenvalue weighted by molar-refractivity contribution is -0.140. The molecular formula is C25H28O4. The van der Waals surface area contributed by atoms with Crippen molar-refractivity contribution in [3.8, 4) is 0 Å². The minimum atomic E-state index is -0.219. The van der Waals surface area contributed by atoms with Crippen LogP contribution >= 0.6 is 0 Å². The summed E-state index contributed by atoms with van der Waals surface area (Å²) in [5.74, 6) is 2.07. The molecule has 0 saturated carbocycles. The number of rotatable bonds is 9. The monoisotopic (exact) mass is 392 g/mol. The molecule has 4 heteroatoms. The van der Waals surface area contributed by atoms with Crippen molar-refractivity contribution in [2.45, 2.75) is 33.1 Å². The summed E-state index contributed by atoms with van der Waals surface area (Å²) >= 11 is 0. The summed E-state index contributed by atoms with van der Waals surface area (Å²) in [6.45, 7) is 4.28. The van der Waals surface area contributed by atoms with Gasteiger partial charge >= 0.3 is 5.97 Å². The summed E-state index contributed by atoms with van der Waals surface area (Å²) in [6, 6.07) is 0. The normalized spacial score (nSPS) is 16.4. The van der Waals surface area contributed by atoms with Crippen LogP contribution in [0, 0.1) is 0 Å². The Morgan fingerprint density at radius 1 is 1.14 bits per heavy atom. The van der Waals surface area contributed by atoms with Crippen LogP contribution in [0.4, 0.5) is 0 Å². The van der Waals surface area contributed by atoms with E-state index in [0.717, 1.165) is 29.1 Å². The Morgan fingerprint density at radius 2 is 2.00 bits per heavy atom. The molecule has 0 bridgehead atoms. The summed E-state index contributed by atoms with van der Waals surface area (Å²) in [4.78, 5) is 11.3. The maximum atomic E-state index is 11.3. The molecule has 0 radical (unpaired) electrons. The van der Waals surface area contributed by atoms with Crippen LogP contribution in [0.1, 0.15) is 33.1 Å². The number of methoxy groups -OCH3 is 1. The van der Waals surface area contributed by atoms with Gasteiger partial charge in [0.25, 0.3) is 0 Å². The first-order chi connectivity index (χ1) is 14.2. The fourth-order valence-corrected chi connectivity index (χ4v) is 2.66. The second-order valence-corrected chi connectivity index (χ2v) is 6.33. The largest absolute Gasteiger partial charge is 0.481 e. The molecule has 0 unspecified atom stereocenters. The fraction of sp³-hybridized carbons (Fsp3) is 0.280. The van der Waals surface area contributed by atoms with Crippen molar-refractivity contribution in [3.05, 3.63) is 101 Å². The van der Waals surface area contributed by atoms with Gasteiger partial charge in [0.05, 0.1) is 7.11 Å². The van der Waals surface area contributed by atoms with E-state index in [-0.39, 0.29) is 5.97 Å². The van der Waals surface area contributed by atoms with E-state index in [4.69, 9.17) is 9.47 Å². The van der Waals surface area contributed by atoms with Crippen molar-refractivity contribution in [2.24, 2.45) is 0 Å². The maximum Gasteiger partial charge on any atom is 0.305 e. The number of ether oxygens (including phenoxy) is 3. The van der Waals surface area contributed by atoms with E-state index >= 15 is 0 Å². The topological polar surface area (TPSA) is 44.8 Å². The number of hydrogen-bond acceptors (Lipinski definition) is 4. The van der Waals surface area contributed by atoms with Gasteiger partial charge in [0.15, 0.2) is 5.76 Å². The number of hydrogen-bond donors (Lipinski definition) is 0. The zero-order valence-electron chi connectivity index (χ0n) is 17.3. The van der Waals surface area contributed by atoms with E-state index < -0.39 is 0 Å². The summed E-state index contributed by atoms with van der Waals surface area (Å²) < 4.78 is 16.7. The van der Waals surface area contributed by atoms with Crippen molar-refractivity contribution in [3.63, 3.8) is 0 Å². The van der Waals surface area contributed by atoms with Gasteiger partial charge in [-0.25, -0.2) is 0 Å². The molecule has 0 atom stereocenters. The Balaban J connectivity index is 1.92. The van der Waals surface area contributed by atoms with Gasteiger partial charge in [-0.1, -0.05) is 48.3 Å². The van der Waals surface area contributed by atoms with Gasteiger partial charge in [-0.15, -0.1) is 0 Å². The highest BCUT2D eigenvalue weighted by atomic mass is 16.5. The van der Waals surface area contributed by atoms with Crippen molar-refractivity contribution >= 4 is 5.97 Å². The summed E-state index contributed by atoms with van der Waals surface area (Å²) in [6.07, 6.45) is 23.2. The molecule has 0 aromatic rings. The van der Waals surface area contributed by atoms with Crippen molar-refractivity contribution < 1.29 is 19.0 Å². The van der Waals surface area contributed by atoms with Crippen LogP contribution in [0.25, 0.3) is 0 Å². The number of carbonyl (C=O) groups excluding carboxylic acids is 1. The molecule has 0 saturated heterocycles. The van der Waals surface area contributed by atoms with Crippen LogP contribution in [0.3, 0.4) is 0 Å². The van der Waals surface area contributed by atoms with Crippen molar-refractivity contribution in [1.82, 2.24) is 0 Å². The van der Waals surface area contributed by atoms with E-state index in [9.17, 15) is 4.79 Å². The molecular weight excluding hydrogens is 364 g/mol. The Labute approximate surface area is 173 Å². The average Bonchev–Trinajstić information content (AvgIpc) is 3.14. The lowest BCUT2D eigenvalue weighted by Crippen LogP contribution is -2.04. The van der Waals surface area contributed by atoms with Crippen LogP contribution in [0.15, 0.2) is 101 Å². The first-order valence-corrected chi connectivity index (χ1v) is 9.72. The third-order valence-corrected chi connectivity index (χ3v) is 4.33. The van der Waals surface area contributed by atoms with Crippen LogP contribution in [0.5, 0.6) is 0 Å². The molecule has 2 aliphatic rings. The predicted octanol–water partition coefficient (Wildman–Crippen LogP) is 5.76. The lowest BCUT2D eigenvalue weighted by Gasteiger charge is -2.15. The van der Waals surface area contributed by atoms with E-state index in [1.807, 2.05) is 68.5 Å². The Hall–Kier alpha value is -3.23. The molecule has 0 aliphatic heterocycles. The third-order valence-electron chi connectivity index (χ3n) is 4.33. The number of allylic oxidation sites excluding steroid dienone is 11. The molecule has 2 rings (SSSR count). The summed E-state index contributed by atoms with van der Waals surface area (Å²) in [7, 11) is 1.40. The van der Waals surface area contributed by atoms with Gasteiger partial charge < -0.3 is 14.2 Å². The van der Waals surface area contributed by atoms with Crippen LogP contribution in [-0.2, 0) is 19.0 Å². The second kappa shape index (κ2) is 12.3. The minimum Gasteiger partial charge on any atom is -0.481 e. The molecule has 4 nitrogen and oxygen atoms in total. The molecule has 2 aliphatic carbocycles. The van der Waals surface area contributed by atoms with Crippen molar-refractivity contribution in [1.29, 1.82) is 0 Å². The predicted molar refractivity (Wildman–Crippen MR) is 116 cm³/mol. The summed E-state index contributed by atoms with van der Waals surface area (Å²) in [5.41, 5.74) is 5.09. The SMILES string of the molecule is C/C=C(COC1=C=CC=C(CCC(=O)OC)C=C1)\C(=C/C)OC1=CC=CC=CC1. The minimum absolute atomic E-state index is 0.219. The van der Waals surface area contributed by atoms with Crippen LogP contribution in [0.2, 0.25) is 0 Å². The number of esters is 1. The molecule has 0 spiro atoms. The van der Waals surface area contributed by atoms with Crippen LogP contribution in [-0.4, -0.2) is 19.7 Å². The van der Waals surface area contributed by atoms with E-state index in [2.05, 4.69) is 16.5 Å². The maximum absolute atomic E-state index is 11.3. The molecule has 0 amide bonds. The highest BCUT2D eigenvalue weighted by molar-refractivity contribution is 5.69. The molecule has 0 aromatic carbocycles. The highest BCUT2D eigenvalue weighted by Gasteiger charge is 2.10. The highest BCUT2D eigenvalue weighted by Crippen LogP contribution is 2.21. The Morgan fingerprint density at radius 3 is 2.76 bits per heavy atom. The van der Waals surface area contributed by atoms with Gasteiger partial charge in [-0.2, -0.15) is 0 Å². The molecule has 152 valence electrons. The van der Waals surface area contributed by atoms with E-state index in [1.165, 1.54) is 7.11 Å². The summed E-state index contributed by atoms with van der Waals surface area (Å²) in [5, 5.41) is 0. The fourth-order valence-electron chi connectivity index (χ4n) is 2.66. The first-order valence-electron chi connectivity index (χ1n) is 9.72. The standard InChI is InChI=1S/C25H28O4/c1-4-21(24(5-2)29-23-12-8-6-7-9-13-23)19-28-22-14-10-11-20(15-17-22)16-18-25(26)27-3/h4-12,15,17H,13,16,18-19H2,1-3H3/b21-4-,24-5+. The van der Waals surface area contributed by atoms with Crippen molar-refractivity contribution in [2.75, 3.05) is 13.7 Å². The van der Waals surface area contributed by atoms with E-state index in [1.54, 1.807) is 6.08 Å². The van der Waals surface area contributed by atoms with Crippen LogP contribution < -0.4 is 0 Å². The Bertz CT molecular complexity index is 866. The average molecular weight is 392 g/mol. The lowest BCUT2D eigenvalue weighted by atomic mass is 10.1. The zero-order chi connectivity index (χ0) is 20.9. The Kier molecular flexibility index (Phi) is 9.34. The number of carbonyl (C=O) groups is 1. The van der Waals surface area contributed by atoms with Gasteiger partial charge in [0.1, 0.15) is 18.1 Å². The molecule has 0 N–H and O–H groups in total. The van der Waals surface area contributed by atoms with Gasteiger partial charge in [-0.05, 0) is 50.1 Å². The molecule has 0 heterocycles. The third kappa shape index (κ3) is 7.73. The molecule has 0 fully saturated rings. The van der Waals surface area contributed by atoms with Gasteiger partial charge in [0.2, 0.25) is 0 Å². The zero-order valence-corrected chi connectivity index (χ0v) is 17.3. The second-order valence-electron chi connectivity index (χ2n) is 6.33. The van der Waals surface area contributed by atoms with Gasteiger partial charge in [0, 0.05) is 18.4 Å². The van der Waals surface area contributed by atoms with Gasteiger partial charge in [-0.3, -0.25) is 4.79 Å². The smallest absolute Gasteiger partial charge is 0.305 e. The molecule has 29 heavy (non-hydrogen) atoms. The van der Waals surface area contributed by atoms with E-state index in [0.29, 0.717) is 25.2 Å². The first kappa shape index (κ1) is 22.1. The molecule has 0 aromatic heterocycles.